The SMILES string of the molecule is CC(C#N)Oc1ccc([N+](=O)[O-])c2cccnc12. The molecule has 1 unspecified atom stereocenters. The first-order valence-electron chi connectivity index (χ1n) is 5.22. The van der Waals surface area contributed by atoms with Gasteiger partial charge in [0.05, 0.1) is 10.3 Å². The minimum absolute atomic E-state index is 0.0324. The molecular weight excluding hydrogens is 234 g/mol. The summed E-state index contributed by atoms with van der Waals surface area (Å²) in [7, 11) is 0. The molecule has 0 N–H and O–H groups in total. The number of aromatic nitrogens is 1. The molecule has 0 saturated heterocycles. The lowest BCUT2D eigenvalue weighted by Crippen LogP contribution is -2.08. The van der Waals surface area contributed by atoms with E-state index in [1.165, 1.54) is 18.3 Å². The Morgan fingerprint density at radius 3 is 2.94 bits per heavy atom. The fourth-order valence-corrected chi connectivity index (χ4v) is 1.60. The van der Waals surface area contributed by atoms with Gasteiger partial charge >= 0.3 is 0 Å². The number of hydrogen-bond donors (Lipinski definition) is 0. The highest BCUT2D eigenvalue weighted by atomic mass is 16.6. The van der Waals surface area contributed by atoms with E-state index in [4.69, 9.17) is 10.00 Å². The van der Waals surface area contributed by atoms with Gasteiger partial charge in [0, 0.05) is 12.3 Å². The van der Waals surface area contributed by atoms with Crippen molar-refractivity contribution in [2.75, 3.05) is 0 Å². The van der Waals surface area contributed by atoms with Crippen LogP contribution in [0, 0.1) is 21.4 Å². The summed E-state index contributed by atoms with van der Waals surface area (Å²) in [5.74, 6) is 0.366. The van der Waals surface area contributed by atoms with Crippen LogP contribution < -0.4 is 4.74 Å². The first kappa shape index (κ1) is 11.8. The summed E-state index contributed by atoms with van der Waals surface area (Å²) in [5, 5.41) is 20.0. The zero-order valence-electron chi connectivity index (χ0n) is 9.53. The summed E-state index contributed by atoms with van der Waals surface area (Å²) >= 11 is 0. The molecule has 0 amide bonds. The van der Waals surface area contributed by atoms with Gasteiger partial charge in [-0.15, -0.1) is 0 Å². The Hall–Kier alpha value is -2.68. The molecule has 0 radical (unpaired) electrons. The number of rotatable bonds is 3. The van der Waals surface area contributed by atoms with Crippen molar-refractivity contribution in [3.05, 3.63) is 40.6 Å². The van der Waals surface area contributed by atoms with Gasteiger partial charge in [-0.1, -0.05) is 0 Å². The average Bonchev–Trinajstić information content (AvgIpc) is 2.38. The summed E-state index contributed by atoms with van der Waals surface area (Å²) in [6.07, 6.45) is 0.882. The molecule has 6 nitrogen and oxygen atoms in total. The Morgan fingerprint density at radius 1 is 1.50 bits per heavy atom. The third kappa shape index (κ3) is 2.06. The molecular formula is C12H9N3O3. The first-order valence-corrected chi connectivity index (χ1v) is 5.22. The second-order valence-electron chi connectivity index (χ2n) is 3.63. The van der Waals surface area contributed by atoms with Crippen molar-refractivity contribution in [1.82, 2.24) is 4.98 Å². The molecule has 2 rings (SSSR count). The molecule has 1 aromatic carbocycles. The van der Waals surface area contributed by atoms with Crippen LogP contribution >= 0.6 is 0 Å². The van der Waals surface area contributed by atoms with Crippen LogP contribution in [0.2, 0.25) is 0 Å². The zero-order valence-corrected chi connectivity index (χ0v) is 9.53. The topological polar surface area (TPSA) is 89.0 Å². The summed E-state index contributed by atoms with van der Waals surface area (Å²) in [4.78, 5) is 14.5. The van der Waals surface area contributed by atoms with Crippen molar-refractivity contribution in [2.24, 2.45) is 0 Å². The van der Waals surface area contributed by atoms with E-state index in [2.05, 4.69) is 4.98 Å². The summed E-state index contributed by atoms with van der Waals surface area (Å²) < 4.78 is 5.37. The average molecular weight is 243 g/mol. The van der Waals surface area contributed by atoms with Gasteiger partial charge in [0.15, 0.2) is 6.10 Å². The molecule has 1 aromatic heterocycles. The number of nitro benzene ring substituents is 1. The molecule has 18 heavy (non-hydrogen) atoms. The van der Waals surface area contributed by atoms with E-state index >= 15 is 0 Å². The molecule has 0 aliphatic carbocycles. The highest BCUT2D eigenvalue weighted by Gasteiger charge is 2.16. The lowest BCUT2D eigenvalue weighted by Gasteiger charge is -2.09. The van der Waals surface area contributed by atoms with Crippen molar-refractivity contribution < 1.29 is 9.66 Å². The maximum atomic E-state index is 10.9. The fourth-order valence-electron chi connectivity index (χ4n) is 1.60. The Morgan fingerprint density at radius 2 is 2.28 bits per heavy atom. The summed E-state index contributed by atoms with van der Waals surface area (Å²) in [6, 6.07) is 7.96. The Labute approximate surface area is 103 Å². The molecule has 1 atom stereocenters. The van der Waals surface area contributed by atoms with Gasteiger partial charge < -0.3 is 4.74 Å². The number of pyridine rings is 1. The van der Waals surface area contributed by atoms with Crippen LogP contribution in [0.25, 0.3) is 10.9 Å². The van der Waals surface area contributed by atoms with Gasteiger partial charge in [0.25, 0.3) is 5.69 Å². The Bertz CT molecular complexity index is 649. The van der Waals surface area contributed by atoms with E-state index in [1.54, 1.807) is 19.1 Å². The predicted molar refractivity (Wildman–Crippen MR) is 64.1 cm³/mol. The third-order valence-electron chi connectivity index (χ3n) is 2.39. The molecule has 0 spiro atoms. The lowest BCUT2D eigenvalue weighted by molar-refractivity contribution is -0.383. The van der Waals surface area contributed by atoms with Crippen molar-refractivity contribution in [3.63, 3.8) is 0 Å². The van der Waals surface area contributed by atoms with Crippen molar-refractivity contribution in [3.8, 4) is 11.8 Å². The molecule has 0 aliphatic heterocycles. The second kappa shape index (κ2) is 4.67. The van der Waals surface area contributed by atoms with Crippen LogP contribution in [0.1, 0.15) is 6.92 Å². The normalized spacial score (nSPS) is 11.8. The first-order chi connectivity index (χ1) is 8.63. The molecule has 0 fully saturated rings. The minimum Gasteiger partial charge on any atom is -0.474 e. The van der Waals surface area contributed by atoms with Crippen LogP contribution in [0.5, 0.6) is 5.75 Å². The fraction of sp³-hybridized carbons (Fsp3) is 0.167. The van der Waals surface area contributed by atoms with Gasteiger partial charge in [-0.25, -0.2) is 0 Å². The smallest absolute Gasteiger partial charge is 0.279 e. The Kier molecular flexibility index (Phi) is 3.06. The quantitative estimate of drug-likeness (QED) is 0.610. The summed E-state index contributed by atoms with van der Waals surface area (Å²) in [6.45, 7) is 1.59. The molecule has 0 aliphatic rings. The van der Waals surface area contributed by atoms with Gasteiger partial charge in [-0.3, -0.25) is 15.1 Å². The third-order valence-corrected chi connectivity index (χ3v) is 2.39. The van der Waals surface area contributed by atoms with E-state index in [-0.39, 0.29) is 5.69 Å². The highest BCUT2D eigenvalue weighted by Crippen LogP contribution is 2.31. The zero-order chi connectivity index (χ0) is 13.1. The largest absolute Gasteiger partial charge is 0.474 e. The Balaban J connectivity index is 2.61. The number of nitriles is 1. The number of benzene rings is 1. The number of fused-ring (bicyclic) bond motifs is 1. The van der Waals surface area contributed by atoms with Gasteiger partial charge in [0.1, 0.15) is 17.3 Å². The molecule has 2 aromatic rings. The van der Waals surface area contributed by atoms with Crippen LogP contribution in [0.4, 0.5) is 5.69 Å². The van der Waals surface area contributed by atoms with Crippen LogP contribution in [0.3, 0.4) is 0 Å². The van der Waals surface area contributed by atoms with E-state index in [0.29, 0.717) is 16.7 Å². The molecule has 0 bridgehead atoms. The van der Waals surface area contributed by atoms with Crippen molar-refractivity contribution >= 4 is 16.6 Å². The number of hydrogen-bond acceptors (Lipinski definition) is 5. The van der Waals surface area contributed by atoms with E-state index in [0.717, 1.165) is 0 Å². The number of non-ortho nitro benzene ring substituents is 1. The van der Waals surface area contributed by atoms with Crippen molar-refractivity contribution in [2.45, 2.75) is 13.0 Å². The van der Waals surface area contributed by atoms with Gasteiger partial charge in [0.2, 0.25) is 0 Å². The van der Waals surface area contributed by atoms with Crippen LogP contribution in [-0.4, -0.2) is 16.0 Å². The molecule has 6 heteroatoms. The van der Waals surface area contributed by atoms with Crippen LogP contribution in [-0.2, 0) is 0 Å². The highest BCUT2D eigenvalue weighted by molar-refractivity contribution is 5.92. The van der Waals surface area contributed by atoms with Crippen LogP contribution in [0.15, 0.2) is 30.5 Å². The number of ether oxygens (including phenoxy) is 1. The number of nitrogens with zero attached hydrogens (tertiary/aromatic N) is 3. The van der Waals surface area contributed by atoms with E-state index in [9.17, 15) is 10.1 Å². The van der Waals surface area contributed by atoms with Gasteiger partial charge in [-0.05, 0) is 25.1 Å². The minimum atomic E-state index is -0.642. The van der Waals surface area contributed by atoms with E-state index < -0.39 is 11.0 Å². The standard InChI is InChI=1S/C12H9N3O3/c1-8(7-13)18-11-5-4-10(15(16)17)9-3-2-6-14-12(9)11/h2-6,8H,1H3. The molecule has 0 saturated carbocycles. The maximum absolute atomic E-state index is 10.9. The predicted octanol–water partition coefficient (Wildman–Crippen LogP) is 2.43. The second-order valence-corrected chi connectivity index (χ2v) is 3.63. The molecule has 90 valence electrons. The summed E-state index contributed by atoms with van der Waals surface area (Å²) in [5.41, 5.74) is 0.351. The van der Waals surface area contributed by atoms with Gasteiger partial charge in [-0.2, -0.15) is 5.26 Å². The lowest BCUT2D eigenvalue weighted by atomic mass is 10.1. The monoisotopic (exact) mass is 243 g/mol. The maximum Gasteiger partial charge on any atom is 0.279 e. The molecule has 1 heterocycles. The van der Waals surface area contributed by atoms with E-state index in [1.807, 2.05) is 6.07 Å². The number of nitro groups is 1. The van der Waals surface area contributed by atoms with Crippen molar-refractivity contribution in [1.29, 1.82) is 5.26 Å².